The van der Waals surface area contributed by atoms with Crippen LogP contribution in [0, 0.1) is 0 Å². The number of carboxylic acids is 1. The van der Waals surface area contributed by atoms with Gasteiger partial charge in [-0.2, -0.15) is 0 Å². The normalized spacial score (nSPS) is 23.3. The molecule has 1 unspecified atom stereocenters. The molecule has 2 atom stereocenters. The standard InChI is InChI=1S/C9H16N2O6S/c1-11(6-2-3-18(16,17)5-6)9(15)10-7(4-12)8(13)14/h6-7,12H,2-5H2,1H3,(H,10,15)(H,13,14)/t6?,7-/m1/s1. The van der Waals surface area contributed by atoms with Crippen LogP contribution in [0.3, 0.4) is 0 Å². The van der Waals surface area contributed by atoms with E-state index in [2.05, 4.69) is 5.32 Å². The average molecular weight is 280 g/mol. The molecule has 0 aliphatic carbocycles. The molecule has 0 aromatic rings. The molecular formula is C9H16N2O6S. The number of nitrogens with zero attached hydrogens (tertiary/aromatic N) is 1. The molecule has 0 aromatic carbocycles. The SMILES string of the molecule is CN(C(=O)N[C@H](CO)C(=O)O)C1CCS(=O)(=O)C1. The van der Waals surface area contributed by atoms with E-state index in [4.69, 9.17) is 10.2 Å². The van der Waals surface area contributed by atoms with Crippen molar-refractivity contribution in [2.45, 2.75) is 18.5 Å². The molecule has 2 amide bonds. The van der Waals surface area contributed by atoms with E-state index in [0.717, 1.165) is 4.90 Å². The first-order valence-corrected chi connectivity index (χ1v) is 7.16. The van der Waals surface area contributed by atoms with Crippen LogP contribution in [0.15, 0.2) is 0 Å². The number of carbonyl (C=O) groups is 2. The molecule has 1 rings (SSSR count). The number of carbonyl (C=O) groups excluding carboxylic acids is 1. The Hall–Kier alpha value is -1.35. The number of rotatable bonds is 4. The first-order chi connectivity index (χ1) is 8.26. The van der Waals surface area contributed by atoms with Crippen LogP contribution in [0.25, 0.3) is 0 Å². The van der Waals surface area contributed by atoms with Crippen molar-refractivity contribution in [3.05, 3.63) is 0 Å². The maximum atomic E-state index is 11.7. The molecule has 8 nitrogen and oxygen atoms in total. The molecule has 1 saturated heterocycles. The van der Waals surface area contributed by atoms with Gasteiger partial charge in [-0.05, 0) is 6.42 Å². The van der Waals surface area contributed by atoms with Gasteiger partial charge in [0.05, 0.1) is 18.1 Å². The first-order valence-electron chi connectivity index (χ1n) is 5.34. The van der Waals surface area contributed by atoms with E-state index in [9.17, 15) is 18.0 Å². The maximum absolute atomic E-state index is 11.7. The van der Waals surface area contributed by atoms with Crippen LogP contribution < -0.4 is 5.32 Å². The number of aliphatic hydroxyl groups excluding tert-OH is 1. The molecule has 0 radical (unpaired) electrons. The van der Waals surface area contributed by atoms with E-state index in [0.29, 0.717) is 6.42 Å². The van der Waals surface area contributed by atoms with E-state index in [1.807, 2.05) is 0 Å². The number of nitrogens with one attached hydrogen (secondary N) is 1. The van der Waals surface area contributed by atoms with Crippen LogP contribution in [-0.4, -0.2) is 72.8 Å². The molecule has 3 N–H and O–H groups in total. The summed E-state index contributed by atoms with van der Waals surface area (Å²) < 4.78 is 22.5. The van der Waals surface area contributed by atoms with Crippen molar-refractivity contribution in [1.82, 2.24) is 10.2 Å². The van der Waals surface area contributed by atoms with Gasteiger partial charge in [0, 0.05) is 13.1 Å². The lowest BCUT2D eigenvalue weighted by Gasteiger charge is -2.25. The van der Waals surface area contributed by atoms with E-state index >= 15 is 0 Å². The highest BCUT2D eigenvalue weighted by Crippen LogP contribution is 2.16. The molecule has 18 heavy (non-hydrogen) atoms. The zero-order valence-corrected chi connectivity index (χ0v) is 10.7. The number of hydrogen-bond acceptors (Lipinski definition) is 5. The predicted molar refractivity (Wildman–Crippen MR) is 61.9 cm³/mol. The van der Waals surface area contributed by atoms with Gasteiger partial charge in [0.15, 0.2) is 15.9 Å². The lowest BCUT2D eigenvalue weighted by Crippen LogP contribution is -2.51. The zero-order valence-electron chi connectivity index (χ0n) is 9.87. The minimum absolute atomic E-state index is 0.0254. The van der Waals surface area contributed by atoms with Gasteiger partial charge in [-0.3, -0.25) is 0 Å². The Morgan fingerprint density at radius 1 is 1.50 bits per heavy atom. The van der Waals surface area contributed by atoms with Crippen molar-refractivity contribution >= 4 is 21.8 Å². The molecule has 0 aromatic heterocycles. The molecule has 1 aliphatic heterocycles. The lowest BCUT2D eigenvalue weighted by atomic mass is 10.2. The fourth-order valence-electron chi connectivity index (χ4n) is 1.68. The number of carboxylic acid groups (broad SMARTS) is 1. The minimum atomic E-state index is -3.11. The zero-order chi connectivity index (χ0) is 13.9. The summed E-state index contributed by atoms with van der Waals surface area (Å²) in [4.78, 5) is 23.4. The van der Waals surface area contributed by atoms with Gasteiger partial charge in [0.1, 0.15) is 0 Å². The predicted octanol–water partition coefficient (Wildman–Crippen LogP) is -1.74. The summed E-state index contributed by atoms with van der Waals surface area (Å²) >= 11 is 0. The summed E-state index contributed by atoms with van der Waals surface area (Å²) in [6, 6.07) is -2.56. The van der Waals surface area contributed by atoms with Crippen molar-refractivity contribution in [3.63, 3.8) is 0 Å². The first kappa shape index (κ1) is 14.7. The number of urea groups is 1. The fraction of sp³-hybridized carbons (Fsp3) is 0.778. The highest BCUT2D eigenvalue weighted by Gasteiger charge is 2.33. The summed E-state index contributed by atoms with van der Waals surface area (Å²) in [5.41, 5.74) is 0. The Labute approximate surface area is 104 Å². The van der Waals surface area contributed by atoms with Crippen LogP contribution in [0.1, 0.15) is 6.42 Å². The summed E-state index contributed by atoms with van der Waals surface area (Å²) in [6.07, 6.45) is 0.336. The largest absolute Gasteiger partial charge is 0.480 e. The summed E-state index contributed by atoms with van der Waals surface area (Å²) in [6.45, 7) is -0.724. The van der Waals surface area contributed by atoms with Gasteiger partial charge in [0.25, 0.3) is 0 Å². The van der Waals surface area contributed by atoms with Crippen LogP contribution in [0.4, 0.5) is 4.79 Å². The van der Waals surface area contributed by atoms with Crippen molar-refractivity contribution in [2.75, 3.05) is 25.2 Å². The number of amides is 2. The van der Waals surface area contributed by atoms with Crippen molar-refractivity contribution < 1.29 is 28.2 Å². The second-order valence-corrected chi connectivity index (χ2v) is 6.42. The Morgan fingerprint density at radius 3 is 2.50 bits per heavy atom. The second kappa shape index (κ2) is 5.53. The second-order valence-electron chi connectivity index (χ2n) is 4.19. The topological polar surface area (TPSA) is 124 Å². The number of sulfone groups is 1. The molecule has 0 saturated carbocycles. The van der Waals surface area contributed by atoms with Gasteiger partial charge < -0.3 is 20.4 Å². The van der Waals surface area contributed by atoms with E-state index in [1.54, 1.807) is 0 Å². The quantitative estimate of drug-likeness (QED) is 0.561. The van der Waals surface area contributed by atoms with Gasteiger partial charge in [-0.1, -0.05) is 0 Å². The molecule has 1 fully saturated rings. The summed E-state index contributed by atoms with van der Waals surface area (Å²) in [7, 11) is -1.71. The molecule has 9 heteroatoms. The minimum Gasteiger partial charge on any atom is -0.480 e. The highest BCUT2D eigenvalue weighted by molar-refractivity contribution is 7.91. The summed E-state index contributed by atoms with van der Waals surface area (Å²) in [5.74, 6) is -1.44. The lowest BCUT2D eigenvalue weighted by molar-refractivity contribution is -0.140. The van der Waals surface area contributed by atoms with Crippen molar-refractivity contribution in [2.24, 2.45) is 0 Å². The van der Waals surface area contributed by atoms with Gasteiger partial charge >= 0.3 is 12.0 Å². The third-order valence-corrected chi connectivity index (χ3v) is 4.61. The van der Waals surface area contributed by atoms with Crippen LogP contribution >= 0.6 is 0 Å². The van der Waals surface area contributed by atoms with E-state index in [1.165, 1.54) is 7.05 Å². The molecule has 1 aliphatic rings. The highest BCUT2D eigenvalue weighted by atomic mass is 32.2. The Balaban J connectivity index is 2.59. The third kappa shape index (κ3) is 3.57. The van der Waals surface area contributed by atoms with Gasteiger partial charge in [0.2, 0.25) is 0 Å². The van der Waals surface area contributed by atoms with Crippen molar-refractivity contribution in [1.29, 1.82) is 0 Å². The smallest absolute Gasteiger partial charge is 0.328 e. The fourth-order valence-corrected chi connectivity index (χ4v) is 3.46. The number of aliphatic hydroxyl groups is 1. The molecule has 0 bridgehead atoms. The molecular weight excluding hydrogens is 264 g/mol. The Kier molecular flexibility index (Phi) is 4.52. The maximum Gasteiger partial charge on any atom is 0.328 e. The third-order valence-electron chi connectivity index (χ3n) is 2.85. The average Bonchev–Trinajstić information content (AvgIpc) is 2.64. The van der Waals surface area contributed by atoms with Crippen LogP contribution in [0.5, 0.6) is 0 Å². The van der Waals surface area contributed by atoms with Gasteiger partial charge in [-0.25, -0.2) is 18.0 Å². The summed E-state index contributed by atoms with van der Waals surface area (Å²) in [5, 5.41) is 19.5. The van der Waals surface area contributed by atoms with E-state index in [-0.39, 0.29) is 11.5 Å². The van der Waals surface area contributed by atoms with Crippen LogP contribution in [-0.2, 0) is 14.6 Å². The number of aliphatic carboxylic acids is 1. The van der Waals surface area contributed by atoms with Gasteiger partial charge in [-0.15, -0.1) is 0 Å². The monoisotopic (exact) mass is 280 g/mol. The van der Waals surface area contributed by atoms with Crippen LogP contribution in [0.2, 0.25) is 0 Å². The molecule has 1 heterocycles. The Morgan fingerprint density at radius 2 is 2.11 bits per heavy atom. The van der Waals surface area contributed by atoms with E-state index < -0.39 is 40.5 Å². The molecule has 104 valence electrons. The van der Waals surface area contributed by atoms with Crippen molar-refractivity contribution in [3.8, 4) is 0 Å². The number of hydrogen-bond donors (Lipinski definition) is 3. The Bertz CT molecular complexity index is 434. The molecule has 0 spiro atoms.